The first kappa shape index (κ1) is 23.7. The van der Waals surface area contributed by atoms with Crippen molar-refractivity contribution in [3.63, 3.8) is 0 Å². The zero-order valence-electron chi connectivity index (χ0n) is 18.3. The Bertz CT molecular complexity index is 1040. The molecule has 1 saturated heterocycles. The van der Waals surface area contributed by atoms with E-state index in [4.69, 9.17) is 4.74 Å². The summed E-state index contributed by atoms with van der Waals surface area (Å²) in [7, 11) is -2.13. The maximum atomic E-state index is 13.2. The summed E-state index contributed by atoms with van der Waals surface area (Å²) in [5, 5.41) is 5.15. The Balaban J connectivity index is 1.57. The predicted octanol–water partition coefficient (Wildman–Crippen LogP) is 2.69. The highest BCUT2D eigenvalue weighted by atomic mass is 32.2. The molecule has 2 amide bonds. The molecule has 2 aromatic rings. The number of rotatable bonds is 7. The highest BCUT2D eigenvalue weighted by Gasteiger charge is 2.33. The number of ether oxygens (including phenoxy) is 1. The molecule has 0 radical (unpaired) electrons. The van der Waals surface area contributed by atoms with Crippen LogP contribution in [0.5, 0.6) is 5.75 Å². The van der Waals surface area contributed by atoms with Crippen molar-refractivity contribution in [2.75, 3.05) is 25.5 Å². The minimum atomic E-state index is -3.66. The normalized spacial score (nSPS) is 16.9. The summed E-state index contributed by atoms with van der Waals surface area (Å²) in [5.41, 5.74) is 1.59. The van der Waals surface area contributed by atoms with Crippen LogP contribution in [0, 0.1) is 6.92 Å². The third-order valence-electron chi connectivity index (χ3n) is 5.52. The molecular formula is C23H29N3O5S. The van der Waals surface area contributed by atoms with Crippen molar-refractivity contribution >= 4 is 27.5 Å². The van der Waals surface area contributed by atoms with Crippen LogP contribution >= 0.6 is 0 Å². The molecule has 0 saturated carbocycles. The number of nitrogens with one attached hydrogen (secondary N) is 2. The summed E-state index contributed by atoms with van der Waals surface area (Å²) in [6.45, 7) is 2.57. The van der Waals surface area contributed by atoms with Crippen molar-refractivity contribution in [2.45, 2.75) is 43.5 Å². The van der Waals surface area contributed by atoms with Gasteiger partial charge in [-0.1, -0.05) is 24.1 Å². The van der Waals surface area contributed by atoms with Gasteiger partial charge in [0, 0.05) is 24.8 Å². The van der Waals surface area contributed by atoms with Crippen LogP contribution in [0.4, 0.5) is 5.69 Å². The number of carbonyl (C=O) groups excluding carboxylic acids is 2. The Labute approximate surface area is 189 Å². The van der Waals surface area contributed by atoms with Gasteiger partial charge in [0.2, 0.25) is 10.0 Å². The number of carbonyl (C=O) groups is 2. The Kier molecular flexibility index (Phi) is 7.87. The second-order valence-corrected chi connectivity index (χ2v) is 9.70. The second-order valence-electron chi connectivity index (χ2n) is 7.81. The summed E-state index contributed by atoms with van der Waals surface area (Å²) in [4.78, 5) is 24.5. The van der Waals surface area contributed by atoms with Gasteiger partial charge >= 0.3 is 11.8 Å². The van der Waals surface area contributed by atoms with Crippen LogP contribution in [0.2, 0.25) is 0 Å². The van der Waals surface area contributed by atoms with E-state index in [2.05, 4.69) is 10.6 Å². The largest absolute Gasteiger partial charge is 0.497 e. The molecule has 1 heterocycles. The molecule has 3 rings (SSSR count). The van der Waals surface area contributed by atoms with Crippen LogP contribution in [0.15, 0.2) is 53.4 Å². The van der Waals surface area contributed by atoms with Gasteiger partial charge in [0.15, 0.2) is 0 Å². The van der Waals surface area contributed by atoms with Crippen LogP contribution < -0.4 is 15.4 Å². The van der Waals surface area contributed by atoms with E-state index in [0.717, 1.165) is 18.4 Å². The zero-order chi connectivity index (χ0) is 23.1. The minimum Gasteiger partial charge on any atom is -0.497 e. The summed E-state index contributed by atoms with van der Waals surface area (Å²) >= 11 is 0. The van der Waals surface area contributed by atoms with Crippen LogP contribution in [0.3, 0.4) is 0 Å². The number of hydrogen-bond acceptors (Lipinski definition) is 5. The number of methoxy groups -OCH3 is 1. The molecule has 1 aliphatic heterocycles. The van der Waals surface area contributed by atoms with Crippen molar-refractivity contribution in [1.29, 1.82) is 0 Å². The van der Waals surface area contributed by atoms with Crippen molar-refractivity contribution in [1.82, 2.24) is 9.62 Å². The topological polar surface area (TPSA) is 105 Å². The number of nitrogens with zero attached hydrogens (tertiary/aromatic N) is 1. The Morgan fingerprint density at radius 3 is 2.38 bits per heavy atom. The molecule has 0 aliphatic carbocycles. The van der Waals surface area contributed by atoms with E-state index in [0.29, 0.717) is 30.8 Å². The van der Waals surface area contributed by atoms with Crippen LogP contribution in [-0.2, 0) is 19.6 Å². The molecule has 0 spiro atoms. The van der Waals surface area contributed by atoms with E-state index in [1.54, 1.807) is 24.3 Å². The minimum absolute atomic E-state index is 0.208. The van der Waals surface area contributed by atoms with Crippen molar-refractivity contribution in [2.24, 2.45) is 0 Å². The monoisotopic (exact) mass is 459 g/mol. The molecule has 0 bridgehead atoms. The second kappa shape index (κ2) is 10.6. The highest BCUT2D eigenvalue weighted by Crippen LogP contribution is 2.27. The van der Waals surface area contributed by atoms with E-state index in [1.165, 1.54) is 23.5 Å². The summed E-state index contributed by atoms with van der Waals surface area (Å²) in [5.74, 6) is -0.906. The summed E-state index contributed by atoms with van der Waals surface area (Å²) < 4.78 is 32.9. The smallest absolute Gasteiger partial charge is 0.313 e. The van der Waals surface area contributed by atoms with E-state index in [-0.39, 0.29) is 17.5 Å². The lowest BCUT2D eigenvalue weighted by atomic mass is 10.0. The van der Waals surface area contributed by atoms with E-state index in [1.807, 2.05) is 19.1 Å². The SMILES string of the molecule is COc1ccc(S(=O)(=O)N2CCCC[C@H]2CCNC(=O)C(=O)Nc2ccc(C)cc2)cc1. The van der Waals surface area contributed by atoms with Gasteiger partial charge in [-0.15, -0.1) is 0 Å². The fourth-order valence-corrected chi connectivity index (χ4v) is 5.44. The maximum Gasteiger partial charge on any atom is 0.313 e. The zero-order valence-corrected chi connectivity index (χ0v) is 19.2. The molecule has 1 atom stereocenters. The molecule has 2 aromatic carbocycles. The molecule has 32 heavy (non-hydrogen) atoms. The fraction of sp³-hybridized carbons (Fsp3) is 0.391. The quantitative estimate of drug-likeness (QED) is 0.620. The number of sulfonamides is 1. The number of piperidine rings is 1. The van der Waals surface area contributed by atoms with Gasteiger partial charge in [0.05, 0.1) is 12.0 Å². The van der Waals surface area contributed by atoms with Gasteiger partial charge in [0.25, 0.3) is 0 Å². The van der Waals surface area contributed by atoms with Gasteiger partial charge in [0.1, 0.15) is 5.75 Å². The third-order valence-corrected chi connectivity index (χ3v) is 7.48. The van der Waals surface area contributed by atoms with Gasteiger partial charge < -0.3 is 15.4 Å². The number of aryl methyl sites for hydroxylation is 1. The van der Waals surface area contributed by atoms with Crippen molar-refractivity contribution in [3.05, 3.63) is 54.1 Å². The van der Waals surface area contributed by atoms with Crippen molar-refractivity contribution < 1.29 is 22.7 Å². The lowest BCUT2D eigenvalue weighted by Gasteiger charge is -2.34. The molecular weight excluding hydrogens is 430 g/mol. The first-order chi connectivity index (χ1) is 15.3. The maximum absolute atomic E-state index is 13.2. The molecule has 1 fully saturated rings. The van der Waals surface area contributed by atoms with Crippen LogP contribution in [0.25, 0.3) is 0 Å². The number of hydrogen-bond donors (Lipinski definition) is 2. The van der Waals surface area contributed by atoms with E-state index < -0.39 is 21.8 Å². The van der Waals surface area contributed by atoms with Crippen LogP contribution in [-0.4, -0.2) is 50.8 Å². The molecule has 1 aliphatic rings. The standard InChI is InChI=1S/C23H29N3O5S/c1-17-6-8-18(9-7-17)25-23(28)22(27)24-15-14-19-5-3-4-16-26(19)32(29,30)21-12-10-20(31-2)11-13-21/h6-13,19H,3-5,14-16H2,1-2H3,(H,24,27)(H,25,28)/t19-/m0/s1. The summed E-state index contributed by atoms with van der Waals surface area (Å²) in [6, 6.07) is 13.2. The summed E-state index contributed by atoms with van der Waals surface area (Å²) in [6.07, 6.45) is 2.85. The molecule has 9 heteroatoms. The molecule has 0 unspecified atom stereocenters. The highest BCUT2D eigenvalue weighted by molar-refractivity contribution is 7.89. The number of amides is 2. The first-order valence-electron chi connectivity index (χ1n) is 10.6. The Morgan fingerprint density at radius 1 is 1.03 bits per heavy atom. The van der Waals surface area contributed by atoms with Gasteiger partial charge in [-0.25, -0.2) is 8.42 Å². The number of anilines is 1. The lowest BCUT2D eigenvalue weighted by Crippen LogP contribution is -2.45. The third kappa shape index (κ3) is 5.86. The first-order valence-corrected chi connectivity index (χ1v) is 12.1. The average Bonchev–Trinajstić information content (AvgIpc) is 2.80. The Morgan fingerprint density at radius 2 is 1.72 bits per heavy atom. The van der Waals surface area contributed by atoms with Gasteiger partial charge in [-0.3, -0.25) is 9.59 Å². The van der Waals surface area contributed by atoms with Crippen molar-refractivity contribution in [3.8, 4) is 5.75 Å². The molecule has 0 aromatic heterocycles. The molecule has 2 N–H and O–H groups in total. The van der Waals surface area contributed by atoms with Crippen LogP contribution in [0.1, 0.15) is 31.2 Å². The van der Waals surface area contributed by atoms with Gasteiger partial charge in [-0.05, 0) is 62.6 Å². The lowest BCUT2D eigenvalue weighted by molar-refractivity contribution is -0.136. The van der Waals surface area contributed by atoms with Gasteiger partial charge in [-0.2, -0.15) is 4.31 Å². The Hall–Kier alpha value is -2.91. The fourth-order valence-electron chi connectivity index (χ4n) is 3.72. The molecule has 172 valence electrons. The number of benzene rings is 2. The van der Waals surface area contributed by atoms with E-state index in [9.17, 15) is 18.0 Å². The average molecular weight is 460 g/mol. The molecule has 8 nitrogen and oxygen atoms in total. The van der Waals surface area contributed by atoms with E-state index >= 15 is 0 Å². The predicted molar refractivity (Wildman–Crippen MR) is 122 cm³/mol.